The summed E-state index contributed by atoms with van der Waals surface area (Å²) in [5.41, 5.74) is 3.91. The number of fused-ring (bicyclic) bond motifs is 1. The molecule has 0 aliphatic carbocycles. The van der Waals surface area contributed by atoms with E-state index in [0.29, 0.717) is 25.6 Å². The van der Waals surface area contributed by atoms with Crippen molar-refractivity contribution < 1.29 is 14.3 Å². The minimum absolute atomic E-state index is 0.0605. The van der Waals surface area contributed by atoms with Gasteiger partial charge in [-0.05, 0) is 62.7 Å². The van der Waals surface area contributed by atoms with Crippen molar-refractivity contribution in [1.82, 2.24) is 30.2 Å². The third-order valence-corrected chi connectivity index (χ3v) is 7.88. The number of hydrogen-bond donors (Lipinski definition) is 2. The Balaban J connectivity index is 1.25. The van der Waals surface area contributed by atoms with Crippen LogP contribution in [0.5, 0.6) is 0 Å². The molecule has 0 bridgehead atoms. The second-order valence-corrected chi connectivity index (χ2v) is 10.6. The SMILES string of the molecule is Cc1cc(C[C@@H](NC(=O)OCc2ccccc2)C(=O)N2CCN(C3CCN(C)CC3)CC2)cc2cn[nH]c12. The van der Waals surface area contributed by atoms with Crippen molar-refractivity contribution >= 4 is 22.9 Å². The van der Waals surface area contributed by atoms with Gasteiger partial charge in [-0.25, -0.2) is 4.79 Å². The van der Waals surface area contributed by atoms with Crippen LogP contribution in [0.2, 0.25) is 0 Å². The quantitative estimate of drug-likeness (QED) is 0.500. The molecule has 0 saturated carbocycles. The lowest BCUT2D eigenvalue weighted by Gasteiger charge is -2.42. The van der Waals surface area contributed by atoms with E-state index < -0.39 is 12.1 Å². The molecule has 9 nitrogen and oxygen atoms in total. The number of alkyl carbamates (subject to hydrolysis) is 1. The fraction of sp³-hybridized carbons (Fsp3) is 0.483. The molecule has 2 amide bonds. The Labute approximate surface area is 224 Å². The zero-order chi connectivity index (χ0) is 26.5. The molecule has 5 rings (SSSR count). The van der Waals surface area contributed by atoms with Crippen LogP contribution in [0.4, 0.5) is 4.79 Å². The Hall–Kier alpha value is -3.43. The third kappa shape index (κ3) is 6.34. The number of H-pyrrole nitrogens is 1. The maximum atomic E-state index is 13.7. The lowest BCUT2D eigenvalue weighted by Crippen LogP contribution is -2.58. The van der Waals surface area contributed by atoms with Gasteiger partial charge in [0.15, 0.2) is 0 Å². The average molecular weight is 519 g/mol. The topological polar surface area (TPSA) is 93.8 Å². The summed E-state index contributed by atoms with van der Waals surface area (Å²) >= 11 is 0. The van der Waals surface area contributed by atoms with Crippen molar-refractivity contribution in [3.05, 3.63) is 65.4 Å². The number of nitrogens with one attached hydrogen (secondary N) is 2. The van der Waals surface area contributed by atoms with Gasteiger partial charge in [0, 0.05) is 44.0 Å². The Morgan fingerprint density at radius 1 is 1.05 bits per heavy atom. The number of carbonyl (C=O) groups is 2. The molecule has 3 heterocycles. The van der Waals surface area contributed by atoms with Crippen LogP contribution in [-0.2, 0) is 22.6 Å². The highest BCUT2D eigenvalue weighted by Crippen LogP contribution is 2.21. The number of amides is 2. The fourth-order valence-electron chi connectivity index (χ4n) is 5.66. The molecule has 2 fully saturated rings. The predicted octanol–water partition coefficient (Wildman–Crippen LogP) is 2.95. The maximum absolute atomic E-state index is 13.7. The smallest absolute Gasteiger partial charge is 0.408 e. The lowest BCUT2D eigenvalue weighted by molar-refractivity contribution is -0.135. The van der Waals surface area contributed by atoms with Crippen molar-refractivity contribution in [2.75, 3.05) is 46.3 Å². The minimum atomic E-state index is -0.711. The first-order valence-electron chi connectivity index (χ1n) is 13.6. The standard InChI is InChI=1S/C29H38N6O3/c1-21-16-23(17-24-19-30-32-27(21)24)18-26(31-29(37)38-20-22-6-4-3-5-7-22)28(36)35-14-12-34(13-15-35)25-8-10-33(2)11-9-25/h3-7,16-17,19,25-26H,8-15,18,20H2,1-2H3,(H,30,32)(H,31,37)/t26-/m1/s1. The number of aromatic amines is 1. The summed E-state index contributed by atoms with van der Waals surface area (Å²) in [6.45, 7) is 7.50. The summed E-state index contributed by atoms with van der Waals surface area (Å²) < 4.78 is 5.47. The van der Waals surface area contributed by atoms with Gasteiger partial charge in [0.2, 0.25) is 5.91 Å². The molecule has 0 radical (unpaired) electrons. The molecule has 0 spiro atoms. The van der Waals surface area contributed by atoms with Crippen LogP contribution in [0.15, 0.2) is 48.7 Å². The molecule has 202 valence electrons. The molecule has 2 saturated heterocycles. The van der Waals surface area contributed by atoms with Crippen molar-refractivity contribution in [3.63, 3.8) is 0 Å². The summed E-state index contributed by atoms with van der Waals surface area (Å²) in [5.74, 6) is -0.0605. The number of hydrogen-bond acceptors (Lipinski definition) is 6. The van der Waals surface area contributed by atoms with Gasteiger partial charge in [-0.2, -0.15) is 5.10 Å². The molecule has 1 atom stereocenters. The molecule has 3 aromatic rings. The number of aryl methyl sites for hydroxylation is 1. The number of likely N-dealkylation sites (tertiary alicyclic amines) is 1. The van der Waals surface area contributed by atoms with E-state index in [-0.39, 0.29) is 12.5 Å². The van der Waals surface area contributed by atoms with E-state index in [1.165, 1.54) is 12.8 Å². The normalized spacial score (nSPS) is 18.4. The highest BCUT2D eigenvalue weighted by molar-refractivity contribution is 5.87. The molecule has 9 heteroatoms. The number of carbonyl (C=O) groups excluding carboxylic acids is 2. The van der Waals surface area contributed by atoms with Crippen LogP contribution >= 0.6 is 0 Å². The molecule has 2 aliphatic rings. The van der Waals surface area contributed by atoms with Crippen LogP contribution in [-0.4, -0.2) is 95.3 Å². The highest BCUT2D eigenvalue weighted by Gasteiger charge is 2.32. The molecular formula is C29H38N6O3. The summed E-state index contributed by atoms with van der Waals surface area (Å²) in [6, 6.07) is 13.5. The van der Waals surface area contributed by atoms with E-state index >= 15 is 0 Å². The Morgan fingerprint density at radius 3 is 2.53 bits per heavy atom. The molecule has 2 aliphatic heterocycles. The van der Waals surface area contributed by atoms with Crippen molar-refractivity contribution in [3.8, 4) is 0 Å². The van der Waals surface area contributed by atoms with Crippen LogP contribution < -0.4 is 5.32 Å². The second kappa shape index (κ2) is 12.0. The first kappa shape index (κ1) is 26.2. The average Bonchev–Trinajstić information content (AvgIpc) is 3.42. The number of benzene rings is 2. The van der Waals surface area contributed by atoms with E-state index in [9.17, 15) is 9.59 Å². The molecule has 38 heavy (non-hydrogen) atoms. The van der Waals surface area contributed by atoms with Crippen molar-refractivity contribution in [2.45, 2.75) is 44.9 Å². The minimum Gasteiger partial charge on any atom is -0.445 e. The fourth-order valence-corrected chi connectivity index (χ4v) is 5.66. The lowest BCUT2D eigenvalue weighted by atomic mass is 10.00. The van der Waals surface area contributed by atoms with E-state index in [4.69, 9.17) is 4.74 Å². The van der Waals surface area contributed by atoms with Gasteiger partial charge < -0.3 is 19.9 Å². The monoisotopic (exact) mass is 518 g/mol. The molecule has 1 aromatic heterocycles. The van der Waals surface area contributed by atoms with Gasteiger partial charge in [0.25, 0.3) is 0 Å². The van der Waals surface area contributed by atoms with Gasteiger partial charge in [-0.3, -0.25) is 14.8 Å². The van der Waals surface area contributed by atoms with Crippen LogP contribution in [0, 0.1) is 6.92 Å². The summed E-state index contributed by atoms with van der Waals surface area (Å²) in [5, 5.41) is 11.0. The van der Waals surface area contributed by atoms with Gasteiger partial charge in [-0.1, -0.05) is 36.4 Å². The van der Waals surface area contributed by atoms with E-state index in [1.807, 2.05) is 48.2 Å². The molecular weight excluding hydrogens is 480 g/mol. The zero-order valence-corrected chi connectivity index (χ0v) is 22.4. The van der Waals surface area contributed by atoms with Gasteiger partial charge >= 0.3 is 6.09 Å². The number of piperidine rings is 1. The Morgan fingerprint density at radius 2 is 1.79 bits per heavy atom. The Kier molecular flexibility index (Phi) is 8.24. The number of nitrogens with zero attached hydrogens (tertiary/aromatic N) is 4. The summed E-state index contributed by atoms with van der Waals surface area (Å²) in [4.78, 5) is 33.4. The summed E-state index contributed by atoms with van der Waals surface area (Å²) in [6.07, 6.45) is 3.94. The van der Waals surface area contributed by atoms with Crippen molar-refractivity contribution in [2.24, 2.45) is 0 Å². The molecule has 0 unspecified atom stereocenters. The van der Waals surface area contributed by atoms with E-state index in [1.54, 1.807) is 6.20 Å². The second-order valence-electron chi connectivity index (χ2n) is 10.6. The first-order valence-corrected chi connectivity index (χ1v) is 13.6. The number of piperazine rings is 1. The third-order valence-electron chi connectivity index (χ3n) is 7.88. The molecule has 2 N–H and O–H groups in total. The zero-order valence-electron chi connectivity index (χ0n) is 22.4. The first-order chi connectivity index (χ1) is 18.5. The van der Waals surface area contributed by atoms with Gasteiger partial charge in [0.05, 0.1) is 11.7 Å². The Bertz CT molecular complexity index is 1230. The largest absolute Gasteiger partial charge is 0.445 e. The highest BCUT2D eigenvalue weighted by atomic mass is 16.5. The van der Waals surface area contributed by atoms with E-state index in [0.717, 1.165) is 53.8 Å². The molecule has 2 aromatic carbocycles. The van der Waals surface area contributed by atoms with Crippen LogP contribution in [0.1, 0.15) is 29.5 Å². The number of ether oxygens (including phenoxy) is 1. The number of aromatic nitrogens is 2. The maximum Gasteiger partial charge on any atom is 0.408 e. The van der Waals surface area contributed by atoms with Gasteiger partial charge in [0.1, 0.15) is 12.6 Å². The van der Waals surface area contributed by atoms with Crippen LogP contribution in [0.3, 0.4) is 0 Å². The predicted molar refractivity (Wildman–Crippen MR) is 147 cm³/mol. The van der Waals surface area contributed by atoms with Crippen molar-refractivity contribution in [1.29, 1.82) is 0 Å². The summed E-state index contributed by atoms with van der Waals surface area (Å²) in [7, 11) is 2.18. The van der Waals surface area contributed by atoms with E-state index in [2.05, 4.69) is 38.4 Å². The van der Waals surface area contributed by atoms with Crippen LogP contribution in [0.25, 0.3) is 10.9 Å². The van der Waals surface area contributed by atoms with Gasteiger partial charge in [-0.15, -0.1) is 0 Å². The number of rotatable bonds is 7.